The van der Waals surface area contributed by atoms with Crippen LogP contribution in [0.4, 0.5) is 0 Å². The van der Waals surface area contributed by atoms with Crippen LogP contribution in [0, 0.1) is 12.3 Å². The fourth-order valence-corrected chi connectivity index (χ4v) is 2.46. The number of hydrogen-bond donors (Lipinski definition) is 2. The molecule has 0 radical (unpaired) electrons. The van der Waals surface area contributed by atoms with Gasteiger partial charge in [-0.2, -0.15) is 0 Å². The first-order valence-corrected chi connectivity index (χ1v) is 6.78. The fourth-order valence-electron chi connectivity index (χ4n) is 2.46. The summed E-state index contributed by atoms with van der Waals surface area (Å²) in [6.45, 7) is 4.24. The number of hydrogen-bond acceptors (Lipinski definition) is 3. The first-order valence-electron chi connectivity index (χ1n) is 6.78. The first-order chi connectivity index (χ1) is 9.18. The number of carbonyl (C=O) groups excluding carboxylic acids is 1. The van der Waals surface area contributed by atoms with Gasteiger partial charge in [-0.25, -0.2) is 0 Å². The fraction of sp³-hybridized carbons (Fsp3) is 0.533. The Hall–Kier alpha value is -1.39. The lowest BCUT2D eigenvalue weighted by molar-refractivity contribution is -0.136. The summed E-state index contributed by atoms with van der Waals surface area (Å²) in [5.74, 6) is 0.0570. The SMILES string of the molecule is Cc1ccccc1CNC(=O)C1(CN)CCOCC1. The zero-order chi connectivity index (χ0) is 13.7. The highest BCUT2D eigenvalue weighted by molar-refractivity contribution is 5.83. The number of carbonyl (C=O) groups is 1. The van der Waals surface area contributed by atoms with Gasteiger partial charge in [0.05, 0.1) is 5.41 Å². The molecule has 0 bridgehead atoms. The number of rotatable bonds is 4. The largest absolute Gasteiger partial charge is 0.381 e. The topological polar surface area (TPSA) is 64.4 Å². The van der Waals surface area contributed by atoms with Gasteiger partial charge in [-0.3, -0.25) is 4.79 Å². The third-order valence-corrected chi connectivity index (χ3v) is 4.02. The zero-order valence-electron chi connectivity index (χ0n) is 11.4. The van der Waals surface area contributed by atoms with Crippen molar-refractivity contribution in [3.8, 4) is 0 Å². The summed E-state index contributed by atoms with van der Waals surface area (Å²) in [5, 5.41) is 3.03. The molecule has 2 rings (SSSR count). The Labute approximate surface area is 114 Å². The third kappa shape index (κ3) is 3.14. The van der Waals surface area contributed by atoms with Gasteiger partial charge in [-0.15, -0.1) is 0 Å². The number of nitrogens with two attached hydrogens (primary N) is 1. The van der Waals surface area contributed by atoms with Crippen molar-refractivity contribution in [2.24, 2.45) is 11.1 Å². The molecule has 19 heavy (non-hydrogen) atoms. The molecule has 1 aliphatic rings. The number of amides is 1. The van der Waals surface area contributed by atoms with Crippen LogP contribution >= 0.6 is 0 Å². The quantitative estimate of drug-likeness (QED) is 0.861. The van der Waals surface area contributed by atoms with E-state index in [2.05, 4.69) is 18.3 Å². The number of nitrogens with one attached hydrogen (secondary N) is 1. The third-order valence-electron chi connectivity index (χ3n) is 4.02. The van der Waals surface area contributed by atoms with Crippen LogP contribution in [-0.2, 0) is 16.1 Å². The molecule has 4 heteroatoms. The Morgan fingerprint density at radius 3 is 2.68 bits per heavy atom. The summed E-state index contributed by atoms with van der Waals surface area (Å²) in [4.78, 5) is 12.4. The second-order valence-corrected chi connectivity index (χ2v) is 5.21. The van der Waals surface area contributed by atoms with Crippen molar-refractivity contribution >= 4 is 5.91 Å². The van der Waals surface area contributed by atoms with E-state index in [0.29, 0.717) is 39.1 Å². The van der Waals surface area contributed by atoms with E-state index in [-0.39, 0.29) is 5.91 Å². The molecule has 0 aliphatic carbocycles. The summed E-state index contributed by atoms with van der Waals surface area (Å²) in [7, 11) is 0. The molecule has 4 nitrogen and oxygen atoms in total. The molecule has 1 saturated heterocycles. The normalized spacial score (nSPS) is 18.0. The van der Waals surface area contributed by atoms with Crippen LogP contribution in [0.3, 0.4) is 0 Å². The van der Waals surface area contributed by atoms with Gasteiger partial charge in [0, 0.05) is 26.3 Å². The highest BCUT2D eigenvalue weighted by Gasteiger charge is 2.38. The second kappa shape index (κ2) is 6.17. The van der Waals surface area contributed by atoms with E-state index in [4.69, 9.17) is 10.5 Å². The molecule has 1 aromatic carbocycles. The Morgan fingerprint density at radius 2 is 2.05 bits per heavy atom. The average molecular weight is 262 g/mol. The van der Waals surface area contributed by atoms with Gasteiger partial charge < -0.3 is 15.8 Å². The predicted molar refractivity (Wildman–Crippen MR) is 74.6 cm³/mol. The minimum absolute atomic E-state index is 0.0570. The van der Waals surface area contributed by atoms with E-state index in [0.717, 1.165) is 5.56 Å². The highest BCUT2D eigenvalue weighted by atomic mass is 16.5. The van der Waals surface area contributed by atoms with Crippen LogP contribution in [0.25, 0.3) is 0 Å². The lowest BCUT2D eigenvalue weighted by Gasteiger charge is -2.34. The van der Waals surface area contributed by atoms with Crippen molar-refractivity contribution in [1.82, 2.24) is 5.32 Å². The van der Waals surface area contributed by atoms with Gasteiger partial charge in [0.2, 0.25) is 5.91 Å². The van der Waals surface area contributed by atoms with E-state index in [1.165, 1.54) is 5.56 Å². The summed E-state index contributed by atoms with van der Waals surface area (Å²) in [6.07, 6.45) is 1.42. The van der Waals surface area contributed by atoms with Crippen molar-refractivity contribution in [1.29, 1.82) is 0 Å². The van der Waals surface area contributed by atoms with E-state index >= 15 is 0 Å². The monoisotopic (exact) mass is 262 g/mol. The van der Waals surface area contributed by atoms with Gasteiger partial charge in [-0.1, -0.05) is 24.3 Å². The molecule has 1 aliphatic heterocycles. The van der Waals surface area contributed by atoms with Gasteiger partial charge >= 0.3 is 0 Å². The maximum atomic E-state index is 12.4. The number of benzene rings is 1. The average Bonchev–Trinajstić information content (AvgIpc) is 2.46. The van der Waals surface area contributed by atoms with Gasteiger partial charge in [-0.05, 0) is 30.9 Å². The Kier molecular flexibility index (Phi) is 4.56. The molecule has 0 aromatic heterocycles. The van der Waals surface area contributed by atoms with E-state index in [1.807, 2.05) is 18.2 Å². The first kappa shape index (κ1) is 14.0. The lowest BCUT2D eigenvalue weighted by atomic mass is 9.79. The molecule has 0 saturated carbocycles. The maximum absolute atomic E-state index is 12.4. The summed E-state index contributed by atoms with van der Waals surface area (Å²) in [5.41, 5.74) is 7.72. The van der Waals surface area contributed by atoms with Crippen LogP contribution in [-0.4, -0.2) is 25.7 Å². The molecular formula is C15H22N2O2. The standard InChI is InChI=1S/C15H22N2O2/c1-12-4-2-3-5-13(12)10-17-14(18)15(11-16)6-8-19-9-7-15/h2-5H,6-11,16H2,1H3,(H,17,18). The molecule has 1 heterocycles. The van der Waals surface area contributed by atoms with E-state index < -0.39 is 5.41 Å². The van der Waals surface area contributed by atoms with Crippen molar-refractivity contribution in [2.75, 3.05) is 19.8 Å². The molecule has 3 N–H and O–H groups in total. The van der Waals surface area contributed by atoms with Crippen molar-refractivity contribution in [2.45, 2.75) is 26.3 Å². The van der Waals surface area contributed by atoms with Gasteiger partial charge in [0.15, 0.2) is 0 Å². The Morgan fingerprint density at radius 1 is 1.37 bits per heavy atom. The predicted octanol–water partition coefficient (Wildman–Crippen LogP) is 1.37. The van der Waals surface area contributed by atoms with E-state index in [1.54, 1.807) is 0 Å². The minimum Gasteiger partial charge on any atom is -0.381 e. The summed E-state index contributed by atoms with van der Waals surface area (Å²) < 4.78 is 5.32. The molecule has 1 amide bonds. The molecule has 1 fully saturated rings. The lowest BCUT2D eigenvalue weighted by Crippen LogP contribution is -2.49. The van der Waals surface area contributed by atoms with Crippen LogP contribution in [0.2, 0.25) is 0 Å². The Bertz CT molecular complexity index is 440. The number of aryl methyl sites for hydroxylation is 1. The molecule has 0 unspecified atom stereocenters. The number of ether oxygens (including phenoxy) is 1. The van der Waals surface area contributed by atoms with Crippen molar-refractivity contribution < 1.29 is 9.53 Å². The van der Waals surface area contributed by atoms with Gasteiger partial charge in [0.1, 0.15) is 0 Å². The molecular weight excluding hydrogens is 240 g/mol. The molecule has 104 valence electrons. The molecule has 1 aromatic rings. The highest BCUT2D eigenvalue weighted by Crippen LogP contribution is 2.29. The Balaban J connectivity index is 1.98. The minimum atomic E-state index is -0.444. The van der Waals surface area contributed by atoms with Crippen molar-refractivity contribution in [3.05, 3.63) is 35.4 Å². The zero-order valence-corrected chi connectivity index (χ0v) is 11.4. The molecule has 0 spiro atoms. The summed E-state index contributed by atoms with van der Waals surface area (Å²) >= 11 is 0. The van der Waals surface area contributed by atoms with Crippen LogP contribution < -0.4 is 11.1 Å². The van der Waals surface area contributed by atoms with Gasteiger partial charge in [0.25, 0.3) is 0 Å². The van der Waals surface area contributed by atoms with Crippen molar-refractivity contribution in [3.63, 3.8) is 0 Å². The maximum Gasteiger partial charge on any atom is 0.227 e. The van der Waals surface area contributed by atoms with E-state index in [9.17, 15) is 4.79 Å². The summed E-state index contributed by atoms with van der Waals surface area (Å²) in [6, 6.07) is 8.07. The smallest absolute Gasteiger partial charge is 0.227 e. The van der Waals surface area contributed by atoms with Crippen LogP contribution in [0.15, 0.2) is 24.3 Å². The second-order valence-electron chi connectivity index (χ2n) is 5.21. The van der Waals surface area contributed by atoms with Crippen LogP contribution in [0.1, 0.15) is 24.0 Å². The molecule has 0 atom stereocenters. The van der Waals surface area contributed by atoms with Crippen LogP contribution in [0.5, 0.6) is 0 Å².